The van der Waals surface area contributed by atoms with Gasteiger partial charge in [0.2, 0.25) is 10.0 Å². The van der Waals surface area contributed by atoms with E-state index >= 15 is 0 Å². The van der Waals surface area contributed by atoms with E-state index in [1.807, 2.05) is 13.8 Å². The van der Waals surface area contributed by atoms with Crippen LogP contribution >= 0.6 is 0 Å². The lowest BCUT2D eigenvalue weighted by Gasteiger charge is -2.25. The van der Waals surface area contributed by atoms with Crippen LogP contribution in [0.5, 0.6) is 0 Å². The van der Waals surface area contributed by atoms with Crippen LogP contribution in [0.4, 0.5) is 5.69 Å². The van der Waals surface area contributed by atoms with Crippen LogP contribution < -0.4 is 16.6 Å². The second kappa shape index (κ2) is 9.38. The van der Waals surface area contributed by atoms with Crippen LogP contribution in [0, 0.1) is 0 Å². The van der Waals surface area contributed by atoms with Crippen molar-refractivity contribution in [3.05, 3.63) is 62.4 Å². The van der Waals surface area contributed by atoms with E-state index in [0.29, 0.717) is 18.7 Å². The maximum atomic E-state index is 13.2. The van der Waals surface area contributed by atoms with Crippen LogP contribution in [0.2, 0.25) is 0 Å². The van der Waals surface area contributed by atoms with E-state index in [1.54, 1.807) is 6.20 Å². The summed E-state index contributed by atoms with van der Waals surface area (Å²) in [6.45, 7) is 4.81. The molecule has 1 aliphatic heterocycles. The van der Waals surface area contributed by atoms with Crippen molar-refractivity contribution in [1.29, 1.82) is 0 Å². The van der Waals surface area contributed by atoms with Crippen LogP contribution in [0.3, 0.4) is 0 Å². The van der Waals surface area contributed by atoms with Gasteiger partial charge in [-0.05, 0) is 48.6 Å². The Labute approximate surface area is 203 Å². The second-order valence-corrected chi connectivity index (χ2v) is 11.0. The summed E-state index contributed by atoms with van der Waals surface area (Å²) >= 11 is 0. The number of benzene rings is 1. The third-order valence-corrected chi connectivity index (χ3v) is 8.34. The van der Waals surface area contributed by atoms with Gasteiger partial charge in [-0.1, -0.05) is 20.3 Å². The average molecular weight is 500 g/mol. The van der Waals surface area contributed by atoms with Crippen molar-refractivity contribution in [3.63, 3.8) is 0 Å². The van der Waals surface area contributed by atoms with Gasteiger partial charge in [0, 0.05) is 38.9 Å². The average Bonchev–Trinajstić information content (AvgIpc) is 2.86. The minimum atomic E-state index is -3.61. The number of hydrogen-bond donors (Lipinski definition) is 1. The van der Waals surface area contributed by atoms with Crippen molar-refractivity contribution in [1.82, 2.24) is 18.4 Å². The van der Waals surface area contributed by atoms with E-state index in [-0.39, 0.29) is 33.1 Å². The maximum absolute atomic E-state index is 13.2. The summed E-state index contributed by atoms with van der Waals surface area (Å²) < 4.78 is 29.5. The molecule has 0 unspecified atom stereocenters. The number of sulfonamides is 1. The molecular weight excluding hydrogens is 470 g/mol. The van der Waals surface area contributed by atoms with Gasteiger partial charge < -0.3 is 5.32 Å². The second-order valence-electron chi connectivity index (χ2n) is 9.09. The highest BCUT2D eigenvalue weighted by Crippen LogP contribution is 2.29. The Hall–Kier alpha value is -3.31. The number of piperidine rings is 1. The monoisotopic (exact) mass is 499 g/mol. The van der Waals surface area contributed by atoms with Crippen molar-refractivity contribution in [2.45, 2.75) is 43.9 Å². The molecule has 0 bridgehead atoms. The van der Waals surface area contributed by atoms with Crippen molar-refractivity contribution >= 4 is 32.7 Å². The Morgan fingerprint density at radius 2 is 1.63 bits per heavy atom. The molecule has 1 aliphatic rings. The number of carbonyl (C=O) groups is 1. The first kappa shape index (κ1) is 24.8. The molecule has 10 nitrogen and oxygen atoms in total. The topological polar surface area (TPSA) is 123 Å². The fourth-order valence-corrected chi connectivity index (χ4v) is 5.85. The Bertz CT molecular complexity index is 1520. The summed E-state index contributed by atoms with van der Waals surface area (Å²) in [5, 5.41) is 2.96. The summed E-state index contributed by atoms with van der Waals surface area (Å²) in [5.41, 5.74) is 0.262. The minimum Gasteiger partial charge on any atom is -0.321 e. The number of amides is 1. The van der Waals surface area contributed by atoms with E-state index in [9.17, 15) is 22.8 Å². The Morgan fingerprint density at radius 3 is 2.23 bits per heavy atom. The molecule has 0 atom stereocenters. The lowest BCUT2D eigenvalue weighted by atomic mass is 10.0. The number of rotatable bonds is 5. The first-order valence-electron chi connectivity index (χ1n) is 11.5. The summed E-state index contributed by atoms with van der Waals surface area (Å²) in [4.78, 5) is 43.0. The van der Waals surface area contributed by atoms with Gasteiger partial charge in [0.05, 0.1) is 10.6 Å². The Kier molecular flexibility index (Phi) is 6.65. The summed E-state index contributed by atoms with van der Waals surface area (Å²) in [6.07, 6.45) is 4.24. The highest BCUT2D eigenvalue weighted by molar-refractivity contribution is 7.89. The Balaban J connectivity index is 1.73. The number of anilines is 1. The molecule has 4 rings (SSSR count). The number of aromatic nitrogens is 3. The first-order chi connectivity index (χ1) is 16.5. The smallest absolute Gasteiger partial charge is 0.321 e. The third-order valence-electron chi connectivity index (χ3n) is 6.43. The van der Waals surface area contributed by atoms with Crippen molar-refractivity contribution < 1.29 is 13.2 Å². The molecule has 3 aromatic rings. The number of nitrogens with one attached hydrogen (secondary N) is 1. The molecule has 186 valence electrons. The van der Waals surface area contributed by atoms with Crippen molar-refractivity contribution in [2.24, 2.45) is 14.1 Å². The van der Waals surface area contributed by atoms with E-state index in [0.717, 1.165) is 23.8 Å². The normalized spacial score (nSPS) is 15.0. The summed E-state index contributed by atoms with van der Waals surface area (Å²) in [5.74, 6) is -0.571. The Morgan fingerprint density at radius 1 is 1.00 bits per heavy atom. The standard InChI is InChI=1S/C24H29N5O5S/c1-15(2)18-14-25-21-19(23(31)28(4)24(32)27(21)3)20(18)26-22(30)16-8-10-17(11-9-16)35(33,34)29-12-6-5-7-13-29/h8-11,14-15H,5-7,12-13H2,1-4H3,(H,25,26,30). The SMILES string of the molecule is CC(C)c1cnc2c(c1NC(=O)c1ccc(S(=O)(=O)N3CCCCC3)cc1)c(=O)n(C)c(=O)n2C. The molecule has 0 aliphatic carbocycles. The fraction of sp³-hybridized carbons (Fsp3) is 0.417. The number of fused-ring (bicyclic) bond motifs is 1. The van der Waals surface area contributed by atoms with Gasteiger partial charge in [0.1, 0.15) is 5.39 Å². The fourth-order valence-electron chi connectivity index (χ4n) is 4.33. The van der Waals surface area contributed by atoms with Crippen LogP contribution in [0.1, 0.15) is 54.9 Å². The van der Waals surface area contributed by atoms with E-state index in [4.69, 9.17) is 0 Å². The molecule has 0 radical (unpaired) electrons. The van der Waals surface area contributed by atoms with Gasteiger partial charge in [0.15, 0.2) is 5.65 Å². The molecule has 11 heteroatoms. The predicted octanol–water partition coefficient (Wildman–Crippen LogP) is 2.18. The molecule has 0 spiro atoms. The maximum Gasteiger partial charge on any atom is 0.332 e. The molecule has 1 amide bonds. The van der Waals surface area contributed by atoms with Gasteiger partial charge in [-0.2, -0.15) is 4.31 Å². The van der Waals surface area contributed by atoms with Gasteiger partial charge in [-0.25, -0.2) is 18.2 Å². The van der Waals surface area contributed by atoms with Gasteiger partial charge in [0.25, 0.3) is 11.5 Å². The van der Waals surface area contributed by atoms with Crippen LogP contribution in [-0.4, -0.2) is 45.8 Å². The number of pyridine rings is 1. The first-order valence-corrected chi connectivity index (χ1v) is 13.0. The van der Waals surface area contributed by atoms with Crippen molar-refractivity contribution in [3.8, 4) is 0 Å². The van der Waals surface area contributed by atoms with Gasteiger partial charge >= 0.3 is 5.69 Å². The highest BCUT2D eigenvalue weighted by atomic mass is 32.2. The highest BCUT2D eigenvalue weighted by Gasteiger charge is 2.26. The van der Waals surface area contributed by atoms with Gasteiger partial charge in [-0.15, -0.1) is 0 Å². The number of aryl methyl sites for hydroxylation is 1. The molecule has 1 saturated heterocycles. The van der Waals surface area contributed by atoms with Crippen LogP contribution in [0.25, 0.3) is 11.0 Å². The molecule has 1 N–H and O–H groups in total. The van der Waals surface area contributed by atoms with Crippen molar-refractivity contribution in [2.75, 3.05) is 18.4 Å². The molecule has 2 aromatic heterocycles. The zero-order valence-electron chi connectivity index (χ0n) is 20.2. The molecule has 35 heavy (non-hydrogen) atoms. The zero-order valence-corrected chi connectivity index (χ0v) is 21.1. The molecule has 0 saturated carbocycles. The van der Waals surface area contributed by atoms with E-state index in [1.165, 1.54) is 47.2 Å². The van der Waals surface area contributed by atoms with Gasteiger partial charge in [-0.3, -0.25) is 18.7 Å². The quantitative estimate of drug-likeness (QED) is 0.574. The van der Waals surface area contributed by atoms with Crippen LogP contribution in [-0.2, 0) is 24.1 Å². The molecule has 1 aromatic carbocycles. The molecule has 3 heterocycles. The van der Waals surface area contributed by atoms with Crippen LogP contribution in [0.15, 0.2) is 44.9 Å². The minimum absolute atomic E-state index is 0.0683. The number of nitrogens with zero attached hydrogens (tertiary/aromatic N) is 4. The summed E-state index contributed by atoms with van der Waals surface area (Å²) in [7, 11) is -0.725. The lowest BCUT2D eigenvalue weighted by molar-refractivity contribution is 0.102. The number of carbonyl (C=O) groups excluding carboxylic acids is 1. The molecule has 1 fully saturated rings. The lowest BCUT2D eigenvalue weighted by Crippen LogP contribution is -2.38. The van der Waals surface area contributed by atoms with E-state index < -0.39 is 27.2 Å². The largest absolute Gasteiger partial charge is 0.332 e. The summed E-state index contributed by atoms with van der Waals surface area (Å²) in [6, 6.07) is 5.77. The zero-order chi connectivity index (χ0) is 25.5. The molecular formula is C24H29N5O5S. The predicted molar refractivity (Wildman–Crippen MR) is 133 cm³/mol. The number of hydrogen-bond acceptors (Lipinski definition) is 6. The third kappa shape index (κ3) is 4.41. The van der Waals surface area contributed by atoms with E-state index in [2.05, 4.69) is 10.3 Å².